The molecule has 2 aromatic rings. The van der Waals surface area contributed by atoms with E-state index in [1.54, 1.807) is 31.2 Å². The molecule has 8 heteroatoms. The van der Waals surface area contributed by atoms with Crippen LogP contribution >= 0.6 is 0 Å². The number of anilines is 2. The van der Waals surface area contributed by atoms with Gasteiger partial charge in [-0.05, 0) is 61.9 Å². The standard InChI is InChI=1S/C19H20N2O5S/c1-3-26-15-6-4-14(5-7-15)20-27(24,25)16-8-9-17(13(2)12-16)21-18(22)10-11-19(21)23/h4-9,12,20H,3,10-11H2,1-2H3. The molecule has 1 aliphatic heterocycles. The Labute approximate surface area is 158 Å². The lowest BCUT2D eigenvalue weighted by molar-refractivity contribution is -0.121. The Bertz CT molecular complexity index is 968. The summed E-state index contributed by atoms with van der Waals surface area (Å²) in [5.74, 6) is 0.109. The van der Waals surface area contributed by atoms with Crippen molar-refractivity contribution in [2.24, 2.45) is 0 Å². The van der Waals surface area contributed by atoms with Crippen LogP contribution in [-0.2, 0) is 19.6 Å². The molecule has 0 saturated carbocycles. The molecule has 2 aromatic carbocycles. The number of nitrogens with one attached hydrogen (secondary N) is 1. The summed E-state index contributed by atoms with van der Waals surface area (Å²) in [4.78, 5) is 25.0. The second kappa shape index (κ2) is 7.40. The Morgan fingerprint density at radius 3 is 2.22 bits per heavy atom. The van der Waals surface area contributed by atoms with Gasteiger partial charge in [0.15, 0.2) is 0 Å². The van der Waals surface area contributed by atoms with Gasteiger partial charge in [-0.25, -0.2) is 8.42 Å². The summed E-state index contributed by atoms with van der Waals surface area (Å²) in [6.07, 6.45) is 0.356. The number of sulfonamides is 1. The summed E-state index contributed by atoms with van der Waals surface area (Å²) < 4.78 is 33.1. The van der Waals surface area contributed by atoms with Crippen LogP contribution in [0.15, 0.2) is 47.4 Å². The van der Waals surface area contributed by atoms with E-state index in [1.165, 1.54) is 18.2 Å². The molecule has 2 amide bonds. The highest BCUT2D eigenvalue weighted by molar-refractivity contribution is 7.92. The summed E-state index contributed by atoms with van der Waals surface area (Å²) in [7, 11) is -3.81. The largest absolute Gasteiger partial charge is 0.494 e. The minimum atomic E-state index is -3.81. The van der Waals surface area contributed by atoms with Crippen LogP contribution in [0.1, 0.15) is 25.3 Å². The first-order valence-corrected chi connectivity index (χ1v) is 10.0. The third-order valence-electron chi connectivity index (χ3n) is 4.19. The first-order chi connectivity index (χ1) is 12.8. The Morgan fingerprint density at radius 2 is 1.67 bits per heavy atom. The van der Waals surface area contributed by atoms with E-state index in [1.807, 2.05) is 6.92 Å². The number of nitrogens with zero attached hydrogens (tertiary/aromatic N) is 1. The predicted octanol–water partition coefficient (Wildman–Crippen LogP) is 2.85. The summed E-state index contributed by atoms with van der Waals surface area (Å²) >= 11 is 0. The van der Waals surface area contributed by atoms with Crippen LogP contribution in [0.3, 0.4) is 0 Å². The molecule has 1 heterocycles. The molecule has 0 spiro atoms. The Balaban J connectivity index is 1.83. The van der Waals surface area contributed by atoms with Gasteiger partial charge in [0.2, 0.25) is 11.8 Å². The highest BCUT2D eigenvalue weighted by Crippen LogP contribution is 2.29. The maximum Gasteiger partial charge on any atom is 0.261 e. The molecular formula is C19H20N2O5S. The first kappa shape index (κ1) is 18.9. The number of imide groups is 1. The topological polar surface area (TPSA) is 92.8 Å². The van der Waals surface area contributed by atoms with Crippen molar-refractivity contribution in [1.82, 2.24) is 0 Å². The molecule has 142 valence electrons. The van der Waals surface area contributed by atoms with Gasteiger partial charge < -0.3 is 4.74 Å². The van der Waals surface area contributed by atoms with Gasteiger partial charge in [-0.2, -0.15) is 0 Å². The molecule has 1 N–H and O–H groups in total. The summed E-state index contributed by atoms with van der Waals surface area (Å²) in [5.41, 5.74) is 1.36. The lowest BCUT2D eigenvalue weighted by atomic mass is 10.2. The van der Waals surface area contributed by atoms with Crippen molar-refractivity contribution < 1.29 is 22.7 Å². The number of amides is 2. The second-order valence-corrected chi connectivity index (χ2v) is 7.82. The van der Waals surface area contributed by atoms with E-state index in [2.05, 4.69) is 4.72 Å². The minimum absolute atomic E-state index is 0.0525. The van der Waals surface area contributed by atoms with E-state index in [0.29, 0.717) is 29.3 Å². The highest BCUT2D eigenvalue weighted by atomic mass is 32.2. The van der Waals surface area contributed by atoms with Gasteiger partial charge in [-0.3, -0.25) is 19.2 Å². The van der Waals surface area contributed by atoms with Crippen molar-refractivity contribution in [2.75, 3.05) is 16.2 Å². The quantitative estimate of drug-likeness (QED) is 0.768. The molecular weight excluding hydrogens is 368 g/mol. The maximum absolute atomic E-state index is 12.6. The third-order valence-corrected chi connectivity index (χ3v) is 5.57. The van der Waals surface area contributed by atoms with Crippen LogP contribution in [0.25, 0.3) is 0 Å². The zero-order chi connectivity index (χ0) is 19.6. The molecule has 0 bridgehead atoms. The normalized spacial score (nSPS) is 14.5. The van der Waals surface area contributed by atoms with E-state index >= 15 is 0 Å². The van der Waals surface area contributed by atoms with Gasteiger partial charge >= 0.3 is 0 Å². The van der Waals surface area contributed by atoms with Crippen LogP contribution in [0, 0.1) is 6.92 Å². The Hall–Kier alpha value is -2.87. The molecule has 1 saturated heterocycles. The predicted molar refractivity (Wildman–Crippen MR) is 101 cm³/mol. The van der Waals surface area contributed by atoms with Gasteiger partial charge in [0.05, 0.1) is 17.2 Å². The number of benzene rings is 2. The van der Waals surface area contributed by atoms with Crippen LogP contribution in [-0.4, -0.2) is 26.8 Å². The number of hydrogen-bond donors (Lipinski definition) is 1. The minimum Gasteiger partial charge on any atom is -0.494 e. The van der Waals surface area contributed by atoms with Crippen molar-refractivity contribution >= 4 is 33.2 Å². The Kier molecular flexibility index (Phi) is 5.18. The molecule has 7 nitrogen and oxygen atoms in total. The maximum atomic E-state index is 12.6. The number of hydrogen-bond acceptors (Lipinski definition) is 5. The molecule has 0 atom stereocenters. The first-order valence-electron chi connectivity index (χ1n) is 8.54. The van der Waals surface area contributed by atoms with E-state index in [4.69, 9.17) is 4.74 Å². The Morgan fingerprint density at radius 1 is 1.04 bits per heavy atom. The monoisotopic (exact) mass is 388 g/mol. The van der Waals surface area contributed by atoms with Crippen LogP contribution in [0.5, 0.6) is 5.75 Å². The zero-order valence-corrected chi connectivity index (χ0v) is 15.9. The van der Waals surface area contributed by atoms with E-state index in [-0.39, 0.29) is 29.6 Å². The van der Waals surface area contributed by atoms with Gasteiger partial charge in [0, 0.05) is 18.5 Å². The molecule has 27 heavy (non-hydrogen) atoms. The van der Waals surface area contributed by atoms with Crippen molar-refractivity contribution in [3.63, 3.8) is 0 Å². The van der Waals surface area contributed by atoms with Gasteiger partial charge in [0.25, 0.3) is 10.0 Å². The van der Waals surface area contributed by atoms with Gasteiger partial charge in [-0.15, -0.1) is 0 Å². The molecule has 1 fully saturated rings. The van der Waals surface area contributed by atoms with E-state index in [0.717, 1.165) is 4.90 Å². The smallest absolute Gasteiger partial charge is 0.261 e. The van der Waals surface area contributed by atoms with Crippen molar-refractivity contribution in [1.29, 1.82) is 0 Å². The van der Waals surface area contributed by atoms with Gasteiger partial charge in [0.1, 0.15) is 5.75 Å². The molecule has 3 rings (SSSR count). The van der Waals surface area contributed by atoms with Crippen molar-refractivity contribution in [2.45, 2.75) is 31.6 Å². The zero-order valence-electron chi connectivity index (χ0n) is 15.1. The van der Waals surface area contributed by atoms with Gasteiger partial charge in [-0.1, -0.05) is 0 Å². The average molecular weight is 388 g/mol. The van der Waals surface area contributed by atoms with Crippen LogP contribution in [0.4, 0.5) is 11.4 Å². The average Bonchev–Trinajstić information content (AvgIpc) is 2.95. The number of carbonyl (C=O) groups excluding carboxylic acids is 2. The summed E-state index contributed by atoms with van der Waals surface area (Å²) in [6, 6.07) is 10.9. The SMILES string of the molecule is CCOc1ccc(NS(=O)(=O)c2ccc(N3C(=O)CCC3=O)c(C)c2)cc1. The van der Waals surface area contributed by atoms with Crippen LogP contribution < -0.4 is 14.4 Å². The molecule has 0 unspecified atom stereocenters. The molecule has 0 aliphatic carbocycles. The second-order valence-electron chi connectivity index (χ2n) is 6.13. The molecule has 0 aromatic heterocycles. The van der Waals surface area contributed by atoms with Crippen molar-refractivity contribution in [3.8, 4) is 5.75 Å². The fraction of sp³-hybridized carbons (Fsp3) is 0.263. The van der Waals surface area contributed by atoms with E-state index < -0.39 is 10.0 Å². The number of ether oxygens (including phenoxy) is 1. The number of aryl methyl sites for hydroxylation is 1. The number of rotatable bonds is 6. The lowest BCUT2D eigenvalue weighted by Crippen LogP contribution is -2.29. The number of carbonyl (C=O) groups is 2. The molecule has 1 aliphatic rings. The van der Waals surface area contributed by atoms with Crippen molar-refractivity contribution in [3.05, 3.63) is 48.0 Å². The fourth-order valence-electron chi connectivity index (χ4n) is 2.89. The van der Waals surface area contributed by atoms with E-state index in [9.17, 15) is 18.0 Å². The third kappa shape index (κ3) is 3.95. The highest BCUT2D eigenvalue weighted by Gasteiger charge is 2.31. The summed E-state index contributed by atoms with van der Waals surface area (Å²) in [5, 5.41) is 0. The summed E-state index contributed by atoms with van der Waals surface area (Å²) in [6.45, 7) is 4.06. The van der Waals surface area contributed by atoms with Crippen LogP contribution in [0.2, 0.25) is 0 Å². The molecule has 0 radical (unpaired) electrons. The fourth-order valence-corrected chi connectivity index (χ4v) is 4.03. The lowest BCUT2D eigenvalue weighted by Gasteiger charge is -2.17.